The molecule has 1 heterocycles. The van der Waals surface area contributed by atoms with E-state index in [-0.39, 0.29) is 11.1 Å². The molecule has 0 bridgehead atoms. The Kier molecular flexibility index (Phi) is 5.64. The highest BCUT2D eigenvalue weighted by molar-refractivity contribution is 6.71. The maximum absolute atomic E-state index is 5.61. The Morgan fingerprint density at radius 1 is 1.11 bits per heavy atom. The molecule has 114 valence electrons. The van der Waals surface area contributed by atoms with Gasteiger partial charge in [0.2, 0.25) is 0 Å². The van der Waals surface area contributed by atoms with Crippen molar-refractivity contribution in [3.05, 3.63) is 0 Å². The quantitative estimate of drug-likeness (QED) is 0.594. The second kappa shape index (κ2) is 6.25. The Bertz CT molecular complexity index is 274. The van der Waals surface area contributed by atoms with Crippen LogP contribution >= 0.6 is 0 Å². The van der Waals surface area contributed by atoms with Gasteiger partial charge in [-0.1, -0.05) is 0 Å². The lowest BCUT2D eigenvalue weighted by Gasteiger charge is -2.52. The van der Waals surface area contributed by atoms with E-state index in [2.05, 4.69) is 51.2 Å². The third kappa shape index (κ3) is 4.85. The molecule has 0 unspecified atom stereocenters. The van der Waals surface area contributed by atoms with Crippen LogP contribution in [-0.4, -0.2) is 38.1 Å². The molecule has 4 heteroatoms. The van der Waals surface area contributed by atoms with Crippen molar-refractivity contribution in [1.29, 1.82) is 0 Å². The van der Waals surface area contributed by atoms with Crippen molar-refractivity contribution in [2.45, 2.75) is 83.6 Å². The van der Waals surface area contributed by atoms with Gasteiger partial charge in [-0.2, -0.15) is 0 Å². The molecule has 1 aliphatic rings. The summed E-state index contributed by atoms with van der Waals surface area (Å²) in [6.45, 7) is 15.1. The highest BCUT2D eigenvalue weighted by Crippen LogP contribution is 2.36. The van der Waals surface area contributed by atoms with Crippen LogP contribution in [0.3, 0.4) is 0 Å². The van der Waals surface area contributed by atoms with Gasteiger partial charge in [-0.15, -0.1) is 0 Å². The molecule has 0 spiro atoms. The van der Waals surface area contributed by atoms with Crippen LogP contribution in [0.5, 0.6) is 0 Å². The van der Waals surface area contributed by atoms with Crippen molar-refractivity contribution in [3.8, 4) is 0 Å². The van der Waals surface area contributed by atoms with Gasteiger partial charge in [0.15, 0.2) is 8.32 Å². The van der Waals surface area contributed by atoms with E-state index in [1.807, 2.05) is 7.11 Å². The normalized spacial score (nSPS) is 23.5. The average molecular weight is 287 g/mol. The smallest absolute Gasteiger partial charge is 0.186 e. The minimum absolute atomic E-state index is 0.260. The van der Waals surface area contributed by atoms with E-state index in [0.717, 1.165) is 6.54 Å². The van der Waals surface area contributed by atoms with E-state index in [0.29, 0.717) is 0 Å². The Balaban J connectivity index is 2.46. The Morgan fingerprint density at radius 2 is 1.63 bits per heavy atom. The van der Waals surface area contributed by atoms with Crippen LogP contribution in [0.4, 0.5) is 0 Å². The summed E-state index contributed by atoms with van der Waals surface area (Å²) < 4.78 is 5.61. The van der Waals surface area contributed by atoms with Crippen molar-refractivity contribution >= 4 is 8.32 Å². The van der Waals surface area contributed by atoms with Crippen LogP contribution in [-0.2, 0) is 4.43 Å². The van der Waals surface area contributed by atoms with Gasteiger partial charge in [-0.3, -0.25) is 5.43 Å². The van der Waals surface area contributed by atoms with Crippen LogP contribution in [0.2, 0.25) is 19.1 Å². The number of hydrogen-bond acceptors (Lipinski definition) is 3. The molecule has 0 aromatic rings. The summed E-state index contributed by atoms with van der Waals surface area (Å²) in [7, 11) is 0.464. The zero-order valence-electron chi connectivity index (χ0n) is 14.1. The predicted molar refractivity (Wildman–Crippen MR) is 85.8 cm³/mol. The Labute approximate surface area is 121 Å². The molecular formula is C15H34N2OSi. The second-order valence-corrected chi connectivity index (χ2v) is 12.2. The van der Waals surface area contributed by atoms with E-state index in [1.165, 1.54) is 31.7 Å². The van der Waals surface area contributed by atoms with E-state index >= 15 is 0 Å². The third-order valence-electron chi connectivity index (χ3n) is 4.57. The first-order chi connectivity index (χ1) is 8.61. The van der Waals surface area contributed by atoms with Gasteiger partial charge in [0.05, 0.1) is 0 Å². The van der Waals surface area contributed by atoms with E-state index < -0.39 is 8.32 Å². The maximum atomic E-state index is 5.61. The molecule has 1 aliphatic heterocycles. The first kappa shape index (κ1) is 17.1. The van der Waals surface area contributed by atoms with Crippen LogP contribution in [0.15, 0.2) is 0 Å². The predicted octanol–water partition coefficient (Wildman–Crippen LogP) is 3.78. The highest BCUT2D eigenvalue weighted by Gasteiger charge is 2.41. The summed E-state index contributed by atoms with van der Waals surface area (Å²) in [5, 5.41) is 2.50. The van der Waals surface area contributed by atoms with Crippen molar-refractivity contribution in [3.63, 3.8) is 0 Å². The monoisotopic (exact) mass is 286 g/mol. The van der Waals surface area contributed by atoms with Gasteiger partial charge in [0.25, 0.3) is 0 Å². The summed E-state index contributed by atoms with van der Waals surface area (Å²) in [5.74, 6) is 0. The van der Waals surface area contributed by atoms with Gasteiger partial charge in [-0.25, -0.2) is 5.01 Å². The van der Waals surface area contributed by atoms with E-state index in [9.17, 15) is 0 Å². The van der Waals surface area contributed by atoms with Crippen LogP contribution < -0.4 is 5.43 Å². The molecule has 0 aliphatic carbocycles. The number of rotatable bonds is 6. The molecule has 0 radical (unpaired) electrons. The first-order valence-corrected chi connectivity index (χ1v) is 10.8. The van der Waals surface area contributed by atoms with Gasteiger partial charge in [0, 0.05) is 24.7 Å². The molecule has 0 aromatic carbocycles. The molecule has 0 saturated carbocycles. The summed E-state index contributed by atoms with van der Waals surface area (Å²) in [5.41, 5.74) is 4.22. The Morgan fingerprint density at radius 3 is 2.11 bits per heavy atom. The van der Waals surface area contributed by atoms with Gasteiger partial charge < -0.3 is 4.43 Å². The molecule has 0 amide bonds. The topological polar surface area (TPSA) is 24.5 Å². The van der Waals surface area contributed by atoms with Crippen LogP contribution in [0.25, 0.3) is 0 Å². The fraction of sp³-hybridized carbons (Fsp3) is 1.00. The average Bonchev–Trinajstić information content (AvgIpc) is 2.26. The highest BCUT2D eigenvalue weighted by atomic mass is 28.4. The molecule has 1 fully saturated rings. The summed E-state index contributed by atoms with van der Waals surface area (Å²) in [6, 6.07) is 1.23. The summed E-state index contributed by atoms with van der Waals surface area (Å²) in [4.78, 5) is 0. The van der Waals surface area contributed by atoms with Crippen molar-refractivity contribution in [2.24, 2.45) is 0 Å². The van der Waals surface area contributed by atoms with Crippen LogP contribution in [0.1, 0.15) is 53.4 Å². The standard InChI is InChI=1S/C15H34N2OSi/c1-14(2)10-8-11-15(3,4)17(14)16-12-9-13-19(6,7)18-5/h16H,8-13H2,1-7H3. The summed E-state index contributed by atoms with van der Waals surface area (Å²) >= 11 is 0. The summed E-state index contributed by atoms with van der Waals surface area (Å²) in [6.07, 6.45) is 5.10. The lowest BCUT2D eigenvalue weighted by Crippen LogP contribution is -2.64. The van der Waals surface area contributed by atoms with E-state index in [1.54, 1.807) is 0 Å². The molecule has 1 N–H and O–H groups in total. The molecular weight excluding hydrogens is 252 g/mol. The minimum Gasteiger partial charge on any atom is -0.420 e. The molecule has 1 saturated heterocycles. The molecule has 19 heavy (non-hydrogen) atoms. The fourth-order valence-electron chi connectivity index (χ4n) is 3.23. The van der Waals surface area contributed by atoms with Crippen molar-refractivity contribution in [2.75, 3.05) is 13.7 Å². The molecule has 1 rings (SSSR count). The number of hydrogen-bond donors (Lipinski definition) is 1. The van der Waals surface area contributed by atoms with Crippen LogP contribution in [0, 0.1) is 0 Å². The number of nitrogens with one attached hydrogen (secondary N) is 1. The first-order valence-electron chi connectivity index (χ1n) is 7.70. The largest absolute Gasteiger partial charge is 0.420 e. The lowest BCUT2D eigenvalue weighted by molar-refractivity contribution is -0.0698. The Hall–Kier alpha value is 0.0969. The number of piperidine rings is 1. The number of hydrazine groups is 1. The number of nitrogens with zero attached hydrogens (tertiary/aromatic N) is 1. The second-order valence-electron chi connectivity index (χ2n) is 7.79. The lowest BCUT2D eigenvalue weighted by atomic mass is 9.81. The van der Waals surface area contributed by atoms with Gasteiger partial charge in [-0.05, 0) is 72.5 Å². The van der Waals surface area contributed by atoms with E-state index in [4.69, 9.17) is 4.43 Å². The molecule has 0 atom stereocenters. The molecule has 3 nitrogen and oxygen atoms in total. The SMILES string of the molecule is CO[Si](C)(C)CCCNN1C(C)(C)CCCC1(C)C. The fourth-order valence-corrected chi connectivity index (χ4v) is 4.46. The maximum Gasteiger partial charge on any atom is 0.186 e. The zero-order valence-corrected chi connectivity index (χ0v) is 15.1. The third-order valence-corrected chi connectivity index (χ3v) is 7.23. The van der Waals surface area contributed by atoms with Crippen molar-refractivity contribution in [1.82, 2.24) is 10.4 Å². The van der Waals surface area contributed by atoms with Crippen molar-refractivity contribution < 1.29 is 4.43 Å². The zero-order chi connectivity index (χ0) is 14.7. The minimum atomic E-state index is -1.39. The van der Waals surface area contributed by atoms with Gasteiger partial charge in [0.1, 0.15) is 0 Å². The van der Waals surface area contributed by atoms with Gasteiger partial charge >= 0.3 is 0 Å². The molecule has 0 aromatic heterocycles.